The van der Waals surface area contributed by atoms with Gasteiger partial charge in [-0.25, -0.2) is 4.79 Å². The number of hydrogen-bond donors (Lipinski definition) is 0. The van der Waals surface area contributed by atoms with Crippen LogP contribution in [0, 0.1) is 6.92 Å². The number of benzene rings is 1. The van der Waals surface area contributed by atoms with Crippen molar-refractivity contribution in [3.8, 4) is 5.88 Å². The Morgan fingerprint density at radius 2 is 2.00 bits per heavy atom. The number of carbonyl (C=O) groups excluding carboxylic acids is 1. The summed E-state index contributed by atoms with van der Waals surface area (Å²) in [5.74, 6) is -0.274. The third kappa shape index (κ3) is 2.22. The van der Waals surface area contributed by atoms with Gasteiger partial charge >= 0.3 is 5.97 Å². The summed E-state index contributed by atoms with van der Waals surface area (Å²) in [6, 6.07) is 8.58. The summed E-state index contributed by atoms with van der Waals surface area (Å²) in [6.07, 6.45) is 1.34. The predicted octanol–water partition coefficient (Wildman–Crippen LogP) is 2.20. The van der Waals surface area contributed by atoms with Crippen LogP contribution < -0.4 is 4.74 Å². The molecule has 0 aliphatic heterocycles. The van der Waals surface area contributed by atoms with E-state index in [9.17, 15) is 4.79 Å². The van der Waals surface area contributed by atoms with Gasteiger partial charge in [0.25, 0.3) is 5.88 Å². The Labute approximate surface area is 86.5 Å². The van der Waals surface area contributed by atoms with E-state index in [0.29, 0.717) is 5.56 Å². The fraction of sp³-hybridized carbons (Fsp3) is 0.0909. The molecule has 0 aliphatic rings. The van der Waals surface area contributed by atoms with Gasteiger partial charge in [-0.3, -0.25) is 0 Å². The van der Waals surface area contributed by atoms with Crippen molar-refractivity contribution in [3.63, 3.8) is 0 Å². The number of esters is 1. The summed E-state index contributed by atoms with van der Waals surface area (Å²) >= 11 is 0. The minimum atomic E-state index is -0.441. The average Bonchev–Trinajstić information content (AvgIpc) is 2.71. The smallest absolute Gasteiger partial charge is 0.344 e. The first-order valence-electron chi connectivity index (χ1n) is 4.45. The Balaban J connectivity index is 2.11. The van der Waals surface area contributed by atoms with Crippen LogP contribution in [-0.2, 0) is 0 Å². The van der Waals surface area contributed by atoms with Crippen molar-refractivity contribution in [1.82, 2.24) is 5.16 Å². The van der Waals surface area contributed by atoms with Gasteiger partial charge in [0.1, 0.15) is 6.26 Å². The third-order valence-electron chi connectivity index (χ3n) is 1.90. The summed E-state index contributed by atoms with van der Waals surface area (Å²) in [4.78, 5) is 11.5. The van der Waals surface area contributed by atoms with E-state index in [1.54, 1.807) is 12.1 Å². The van der Waals surface area contributed by atoms with Crippen molar-refractivity contribution >= 4 is 5.97 Å². The second kappa shape index (κ2) is 3.96. The Kier molecular flexibility index (Phi) is 2.49. The molecule has 1 aromatic heterocycles. The number of nitrogens with zero attached hydrogens (tertiary/aromatic N) is 1. The van der Waals surface area contributed by atoms with Crippen molar-refractivity contribution in [2.24, 2.45) is 0 Å². The summed E-state index contributed by atoms with van der Waals surface area (Å²) in [5.41, 5.74) is 1.58. The van der Waals surface area contributed by atoms with E-state index in [4.69, 9.17) is 4.74 Å². The van der Waals surface area contributed by atoms with Crippen LogP contribution in [0.3, 0.4) is 0 Å². The van der Waals surface area contributed by atoms with E-state index in [1.165, 1.54) is 12.3 Å². The predicted molar refractivity (Wildman–Crippen MR) is 52.6 cm³/mol. The molecule has 76 valence electrons. The molecule has 2 rings (SSSR count). The maximum absolute atomic E-state index is 11.5. The van der Waals surface area contributed by atoms with E-state index in [-0.39, 0.29) is 5.88 Å². The van der Waals surface area contributed by atoms with Gasteiger partial charge in [0.05, 0.1) is 5.56 Å². The van der Waals surface area contributed by atoms with Gasteiger partial charge in [-0.15, -0.1) is 0 Å². The lowest BCUT2D eigenvalue weighted by Gasteiger charge is -2.00. The third-order valence-corrected chi connectivity index (χ3v) is 1.90. The standard InChI is InChI=1S/C11H9NO3/c1-8-2-4-9(5-3-8)11(13)15-10-6-7-14-12-10/h2-7H,1H3. The van der Waals surface area contributed by atoms with Gasteiger partial charge in [-0.1, -0.05) is 17.7 Å². The topological polar surface area (TPSA) is 52.3 Å². The molecule has 4 heteroatoms. The molecule has 0 fully saturated rings. The number of carbonyl (C=O) groups is 1. The van der Waals surface area contributed by atoms with Crippen LogP contribution in [0.25, 0.3) is 0 Å². The van der Waals surface area contributed by atoms with Crippen LogP contribution in [-0.4, -0.2) is 11.1 Å². The normalized spacial score (nSPS) is 9.93. The van der Waals surface area contributed by atoms with Crippen LogP contribution in [0.1, 0.15) is 15.9 Å². The number of rotatable bonds is 2. The summed E-state index contributed by atoms with van der Waals surface area (Å²) < 4.78 is 9.48. The minimum absolute atomic E-state index is 0.167. The first kappa shape index (κ1) is 9.45. The quantitative estimate of drug-likeness (QED) is 0.702. The number of aromatic nitrogens is 1. The zero-order valence-corrected chi connectivity index (χ0v) is 8.14. The van der Waals surface area contributed by atoms with Crippen LogP contribution in [0.5, 0.6) is 5.88 Å². The van der Waals surface area contributed by atoms with E-state index in [1.807, 2.05) is 19.1 Å². The van der Waals surface area contributed by atoms with Gasteiger partial charge < -0.3 is 9.26 Å². The molecule has 0 bridgehead atoms. The molecular weight excluding hydrogens is 194 g/mol. The molecular formula is C11H9NO3. The van der Waals surface area contributed by atoms with Crippen LogP contribution in [0.2, 0.25) is 0 Å². The lowest BCUT2D eigenvalue weighted by molar-refractivity contribution is 0.0721. The van der Waals surface area contributed by atoms with E-state index in [2.05, 4.69) is 9.68 Å². The number of hydrogen-bond acceptors (Lipinski definition) is 4. The zero-order chi connectivity index (χ0) is 10.7. The first-order valence-corrected chi connectivity index (χ1v) is 4.45. The van der Waals surface area contributed by atoms with Crippen LogP contribution >= 0.6 is 0 Å². The molecule has 15 heavy (non-hydrogen) atoms. The minimum Gasteiger partial charge on any atom is -0.400 e. The first-order chi connectivity index (χ1) is 7.25. The molecule has 0 atom stereocenters. The van der Waals surface area contributed by atoms with E-state index < -0.39 is 5.97 Å². The lowest BCUT2D eigenvalue weighted by Crippen LogP contribution is -2.08. The molecule has 4 nitrogen and oxygen atoms in total. The zero-order valence-electron chi connectivity index (χ0n) is 8.14. The maximum atomic E-state index is 11.5. The second-order valence-corrected chi connectivity index (χ2v) is 3.09. The Hall–Kier alpha value is -2.10. The monoisotopic (exact) mass is 203 g/mol. The fourth-order valence-corrected chi connectivity index (χ4v) is 1.10. The Bertz CT molecular complexity index is 445. The van der Waals surface area contributed by atoms with Crippen molar-refractivity contribution in [2.45, 2.75) is 6.92 Å². The molecule has 0 unspecified atom stereocenters. The molecule has 1 heterocycles. The molecule has 0 saturated heterocycles. The van der Waals surface area contributed by atoms with E-state index >= 15 is 0 Å². The fourth-order valence-electron chi connectivity index (χ4n) is 1.10. The summed E-state index contributed by atoms with van der Waals surface area (Å²) in [7, 11) is 0. The lowest BCUT2D eigenvalue weighted by atomic mass is 10.1. The Morgan fingerprint density at radius 1 is 1.27 bits per heavy atom. The molecule has 0 aliphatic carbocycles. The second-order valence-electron chi connectivity index (χ2n) is 3.09. The highest BCUT2D eigenvalue weighted by molar-refractivity contribution is 5.90. The van der Waals surface area contributed by atoms with E-state index in [0.717, 1.165) is 5.56 Å². The SMILES string of the molecule is Cc1ccc(C(=O)Oc2ccon2)cc1. The molecule has 2 aromatic rings. The summed E-state index contributed by atoms with van der Waals surface area (Å²) in [5, 5.41) is 3.48. The van der Waals surface area contributed by atoms with Gasteiger partial charge in [-0.05, 0) is 24.2 Å². The molecule has 0 saturated carbocycles. The molecule has 0 amide bonds. The van der Waals surface area contributed by atoms with Gasteiger partial charge in [0.2, 0.25) is 0 Å². The molecule has 1 aromatic carbocycles. The highest BCUT2D eigenvalue weighted by Gasteiger charge is 2.09. The average molecular weight is 203 g/mol. The van der Waals surface area contributed by atoms with Crippen molar-refractivity contribution in [3.05, 3.63) is 47.7 Å². The van der Waals surface area contributed by atoms with Crippen molar-refractivity contribution < 1.29 is 14.1 Å². The van der Waals surface area contributed by atoms with Crippen molar-refractivity contribution in [2.75, 3.05) is 0 Å². The Morgan fingerprint density at radius 3 is 2.60 bits per heavy atom. The van der Waals surface area contributed by atoms with Crippen molar-refractivity contribution in [1.29, 1.82) is 0 Å². The van der Waals surface area contributed by atoms with Gasteiger partial charge in [0, 0.05) is 6.07 Å². The molecule has 0 radical (unpaired) electrons. The summed E-state index contributed by atoms with van der Waals surface area (Å²) in [6.45, 7) is 1.95. The maximum Gasteiger partial charge on any atom is 0.344 e. The number of aryl methyl sites for hydroxylation is 1. The van der Waals surface area contributed by atoms with Crippen LogP contribution in [0.15, 0.2) is 41.1 Å². The van der Waals surface area contributed by atoms with Gasteiger partial charge in [0.15, 0.2) is 0 Å². The molecule has 0 N–H and O–H groups in total. The highest BCUT2D eigenvalue weighted by atomic mass is 16.6. The van der Waals surface area contributed by atoms with Crippen LogP contribution in [0.4, 0.5) is 0 Å². The van der Waals surface area contributed by atoms with Gasteiger partial charge in [-0.2, -0.15) is 0 Å². The highest BCUT2D eigenvalue weighted by Crippen LogP contribution is 2.09. The molecule has 0 spiro atoms. The number of ether oxygens (including phenoxy) is 1. The largest absolute Gasteiger partial charge is 0.400 e.